The number of hydrogen-bond acceptors (Lipinski definition) is 2. The molecule has 0 aromatic heterocycles. The Hall–Kier alpha value is -1.51. The van der Waals surface area contributed by atoms with Crippen molar-refractivity contribution in [1.82, 2.24) is 0 Å². The Balaban J connectivity index is 2.23. The van der Waals surface area contributed by atoms with Crippen LogP contribution in [0.1, 0.15) is 30.5 Å². The average molecular weight is 328 g/mol. The van der Waals surface area contributed by atoms with Crippen LogP contribution in [0.25, 0.3) is 0 Å². The second-order valence-electron chi connectivity index (χ2n) is 5.98. The zero-order valence-corrected chi connectivity index (χ0v) is 14.3. The SMILES string of the molecule is CC(C)[C@H]1N=C(c2ccccc2)c2cc(Cl)ccc2CC1=S. The van der Waals surface area contributed by atoms with Crippen LogP contribution < -0.4 is 0 Å². The Morgan fingerprint density at radius 3 is 2.55 bits per heavy atom. The predicted octanol–water partition coefficient (Wildman–Crippen LogP) is 5.13. The summed E-state index contributed by atoms with van der Waals surface area (Å²) in [5.41, 5.74) is 4.42. The molecule has 2 aromatic carbocycles. The van der Waals surface area contributed by atoms with Crippen molar-refractivity contribution in [2.75, 3.05) is 0 Å². The zero-order chi connectivity index (χ0) is 15.7. The highest BCUT2D eigenvalue weighted by atomic mass is 35.5. The minimum absolute atomic E-state index is 0.0661. The first kappa shape index (κ1) is 15.4. The fourth-order valence-corrected chi connectivity index (χ4v) is 3.50. The number of benzene rings is 2. The second-order valence-corrected chi connectivity index (χ2v) is 6.94. The van der Waals surface area contributed by atoms with Crippen molar-refractivity contribution >= 4 is 34.4 Å². The van der Waals surface area contributed by atoms with Crippen molar-refractivity contribution < 1.29 is 0 Å². The standard InChI is InChI=1S/C19H18ClNS/c1-12(2)18-17(22)10-14-8-9-15(20)11-16(14)19(21-18)13-6-4-3-5-7-13/h3-9,11-12,18H,10H2,1-2H3/t18-/m1/s1. The van der Waals surface area contributed by atoms with E-state index in [2.05, 4.69) is 32.0 Å². The molecule has 1 aliphatic heterocycles. The van der Waals surface area contributed by atoms with Gasteiger partial charge in [-0.1, -0.05) is 74.1 Å². The van der Waals surface area contributed by atoms with Crippen LogP contribution in [-0.2, 0) is 6.42 Å². The van der Waals surface area contributed by atoms with Gasteiger partial charge in [0.2, 0.25) is 0 Å². The van der Waals surface area contributed by atoms with Crippen LogP contribution in [0.2, 0.25) is 5.02 Å². The van der Waals surface area contributed by atoms with Crippen molar-refractivity contribution in [3.8, 4) is 0 Å². The molecule has 1 heterocycles. The Morgan fingerprint density at radius 2 is 1.86 bits per heavy atom. The summed E-state index contributed by atoms with van der Waals surface area (Å²) in [6, 6.07) is 16.4. The smallest absolute Gasteiger partial charge is 0.0845 e. The quantitative estimate of drug-likeness (QED) is 0.697. The molecule has 0 spiro atoms. The number of nitrogens with zero attached hydrogens (tertiary/aromatic N) is 1. The highest BCUT2D eigenvalue weighted by Gasteiger charge is 2.25. The summed E-state index contributed by atoms with van der Waals surface area (Å²) >= 11 is 11.9. The summed E-state index contributed by atoms with van der Waals surface area (Å²) in [6.07, 6.45) is 0.782. The molecule has 1 atom stereocenters. The molecule has 0 fully saturated rings. The molecule has 0 saturated carbocycles. The van der Waals surface area contributed by atoms with Gasteiger partial charge in [0.1, 0.15) is 0 Å². The van der Waals surface area contributed by atoms with E-state index in [4.69, 9.17) is 28.8 Å². The Kier molecular flexibility index (Phi) is 4.42. The number of thiocarbonyl (C=S) groups is 1. The lowest BCUT2D eigenvalue weighted by Crippen LogP contribution is -2.24. The molecule has 0 unspecified atom stereocenters. The van der Waals surface area contributed by atoms with Gasteiger partial charge in [0.25, 0.3) is 0 Å². The van der Waals surface area contributed by atoms with Crippen LogP contribution in [0.15, 0.2) is 53.5 Å². The number of halogens is 1. The maximum Gasteiger partial charge on any atom is 0.0845 e. The van der Waals surface area contributed by atoms with Gasteiger partial charge in [-0.25, -0.2) is 0 Å². The first-order valence-electron chi connectivity index (χ1n) is 7.51. The molecule has 0 N–H and O–H groups in total. The largest absolute Gasteiger partial charge is 0.275 e. The normalized spacial score (nSPS) is 17.9. The molecular formula is C19H18ClNS. The van der Waals surface area contributed by atoms with E-state index in [1.54, 1.807) is 0 Å². The van der Waals surface area contributed by atoms with Gasteiger partial charge in [-0.05, 0) is 23.6 Å². The van der Waals surface area contributed by atoms with Gasteiger partial charge in [0.05, 0.1) is 11.8 Å². The molecule has 0 radical (unpaired) electrons. The van der Waals surface area contributed by atoms with Gasteiger partial charge in [0, 0.05) is 27.4 Å². The maximum atomic E-state index is 6.23. The average Bonchev–Trinajstić information content (AvgIpc) is 2.64. The fourth-order valence-electron chi connectivity index (χ4n) is 2.84. The van der Waals surface area contributed by atoms with Gasteiger partial charge in [-0.2, -0.15) is 0 Å². The van der Waals surface area contributed by atoms with E-state index in [-0.39, 0.29) is 6.04 Å². The fraction of sp³-hybridized carbons (Fsp3) is 0.263. The topological polar surface area (TPSA) is 12.4 Å². The molecule has 0 amide bonds. The molecule has 0 aliphatic carbocycles. The van der Waals surface area contributed by atoms with Crippen molar-refractivity contribution in [3.63, 3.8) is 0 Å². The van der Waals surface area contributed by atoms with Gasteiger partial charge in [0.15, 0.2) is 0 Å². The maximum absolute atomic E-state index is 6.23. The van der Waals surface area contributed by atoms with Gasteiger partial charge >= 0.3 is 0 Å². The minimum Gasteiger partial charge on any atom is -0.275 e. The minimum atomic E-state index is 0.0661. The molecule has 3 rings (SSSR count). The van der Waals surface area contributed by atoms with E-state index in [1.807, 2.05) is 30.3 Å². The summed E-state index contributed by atoms with van der Waals surface area (Å²) in [6.45, 7) is 4.35. The van der Waals surface area contributed by atoms with E-state index >= 15 is 0 Å². The predicted molar refractivity (Wildman–Crippen MR) is 98.5 cm³/mol. The highest BCUT2D eigenvalue weighted by molar-refractivity contribution is 7.80. The number of rotatable bonds is 2. The highest BCUT2D eigenvalue weighted by Crippen LogP contribution is 2.27. The lowest BCUT2D eigenvalue weighted by Gasteiger charge is -2.16. The third-order valence-corrected chi connectivity index (χ3v) is 4.59. The van der Waals surface area contributed by atoms with Gasteiger partial charge in [-0.3, -0.25) is 4.99 Å². The second kappa shape index (κ2) is 6.31. The summed E-state index contributed by atoms with van der Waals surface area (Å²) in [5, 5.41) is 0.733. The van der Waals surface area contributed by atoms with Crippen LogP contribution >= 0.6 is 23.8 Å². The third-order valence-electron chi connectivity index (χ3n) is 3.97. The summed E-state index contributed by atoms with van der Waals surface area (Å²) in [7, 11) is 0. The third kappa shape index (κ3) is 2.99. The van der Waals surface area contributed by atoms with E-state index in [9.17, 15) is 0 Å². The van der Waals surface area contributed by atoms with E-state index in [0.717, 1.165) is 33.1 Å². The molecular weight excluding hydrogens is 310 g/mol. The lowest BCUT2D eigenvalue weighted by molar-refractivity contribution is 0.599. The Morgan fingerprint density at radius 1 is 1.14 bits per heavy atom. The Bertz CT molecular complexity index is 734. The van der Waals surface area contributed by atoms with Crippen molar-refractivity contribution in [1.29, 1.82) is 0 Å². The van der Waals surface area contributed by atoms with Crippen molar-refractivity contribution in [3.05, 3.63) is 70.2 Å². The van der Waals surface area contributed by atoms with Crippen molar-refractivity contribution in [2.45, 2.75) is 26.3 Å². The zero-order valence-electron chi connectivity index (χ0n) is 12.7. The van der Waals surface area contributed by atoms with E-state index in [1.165, 1.54) is 5.56 Å². The molecule has 2 aromatic rings. The molecule has 22 heavy (non-hydrogen) atoms. The van der Waals surface area contributed by atoms with Crippen LogP contribution in [0.4, 0.5) is 0 Å². The number of fused-ring (bicyclic) bond motifs is 1. The Labute approximate surface area is 142 Å². The number of hydrogen-bond donors (Lipinski definition) is 0. The first-order valence-corrected chi connectivity index (χ1v) is 8.29. The molecule has 0 saturated heterocycles. The monoisotopic (exact) mass is 327 g/mol. The van der Waals surface area contributed by atoms with Crippen LogP contribution in [0, 0.1) is 5.92 Å². The van der Waals surface area contributed by atoms with Crippen molar-refractivity contribution in [2.24, 2.45) is 10.9 Å². The van der Waals surface area contributed by atoms with E-state index in [0.29, 0.717) is 5.92 Å². The van der Waals surface area contributed by atoms with E-state index < -0.39 is 0 Å². The molecule has 1 aliphatic rings. The molecule has 3 heteroatoms. The summed E-state index contributed by atoms with van der Waals surface area (Å²) in [4.78, 5) is 6.03. The summed E-state index contributed by atoms with van der Waals surface area (Å²) in [5.74, 6) is 0.385. The van der Waals surface area contributed by atoms with Crippen LogP contribution in [-0.4, -0.2) is 16.6 Å². The van der Waals surface area contributed by atoms with Gasteiger partial charge in [-0.15, -0.1) is 0 Å². The molecule has 0 bridgehead atoms. The first-order chi connectivity index (χ1) is 10.6. The molecule has 112 valence electrons. The molecule has 1 nitrogen and oxygen atoms in total. The summed E-state index contributed by atoms with van der Waals surface area (Å²) < 4.78 is 0. The van der Waals surface area contributed by atoms with Gasteiger partial charge < -0.3 is 0 Å². The van der Waals surface area contributed by atoms with Crippen LogP contribution in [0.5, 0.6) is 0 Å². The lowest BCUT2D eigenvalue weighted by atomic mass is 9.95. The van der Waals surface area contributed by atoms with Crippen LogP contribution in [0.3, 0.4) is 0 Å². The number of aliphatic imine (C=N–C) groups is 1.